The fourth-order valence-corrected chi connectivity index (χ4v) is 1.78. The van der Waals surface area contributed by atoms with Crippen LogP contribution >= 0.6 is 0 Å². The number of nitrogens with one attached hydrogen (secondary N) is 1. The Morgan fingerprint density at radius 3 is 2.42 bits per heavy atom. The highest BCUT2D eigenvalue weighted by Crippen LogP contribution is 2.05. The molecule has 0 aliphatic carbocycles. The summed E-state index contributed by atoms with van der Waals surface area (Å²) < 4.78 is 0. The molecular formula is C15H17N3O. The smallest absolute Gasteiger partial charge is 0.224 e. The minimum atomic E-state index is 0.0267. The summed E-state index contributed by atoms with van der Waals surface area (Å²) in [5.41, 5.74) is 8.44. The molecule has 0 spiro atoms. The number of anilines is 1. The van der Waals surface area contributed by atoms with Gasteiger partial charge in [0.1, 0.15) is 0 Å². The van der Waals surface area contributed by atoms with E-state index in [-0.39, 0.29) is 5.91 Å². The molecule has 4 nitrogen and oxygen atoms in total. The predicted octanol–water partition coefficient (Wildman–Crippen LogP) is 1.57. The van der Waals surface area contributed by atoms with Crippen molar-refractivity contribution in [1.82, 2.24) is 10.3 Å². The average Bonchev–Trinajstić information content (AvgIpc) is 2.43. The van der Waals surface area contributed by atoms with Crippen LogP contribution in [0.3, 0.4) is 0 Å². The Morgan fingerprint density at radius 1 is 1.05 bits per heavy atom. The van der Waals surface area contributed by atoms with E-state index in [0.29, 0.717) is 18.7 Å². The summed E-state index contributed by atoms with van der Waals surface area (Å²) in [6.07, 6.45) is 4.71. The second kappa shape index (κ2) is 6.54. The van der Waals surface area contributed by atoms with E-state index in [1.165, 1.54) is 5.56 Å². The molecule has 0 unspecified atom stereocenters. The van der Waals surface area contributed by atoms with Gasteiger partial charge in [-0.25, -0.2) is 0 Å². The number of amides is 1. The zero-order valence-electron chi connectivity index (χ0n) is 10.7. The summed E-state index contributed by atoms with van der Waals surface area (Å²) >= 11 is 0. The first-order chi connectivity index (χ1) is 9.24. The summed E-state index contributed by atoms with van der Waals surface area (Å²) in [4.78, 5) is 15.7. The minimum Gasteiger partial charge on any atom is -0.399 e. The number of benzene rings is 1. The molecule has 0 saturated carbocycles. The molecule has 3 N–H and O–H groups in total. The standard InChI is InChI=1S/C15H17N3O/c16-14-3-1-13(2-4-14)11-15(19)18-10-7-12-5-8-17-9-6-12/h1-6,8-9H,7,10-11,16H2,(H,18,19). The zero-order valence-corrected chi connectivity index (χ0v) is 10.7. The maximum absolute atomic E-state index is 11.7. The van der Waals surface area contributed by atoms with Gasteiger partial charge in [-0.1, -0.05) is 12.1 Å². The summed E-state index contributed by atoms with van der Waals surface area (Å²) in [6, 6.07) is 11.3. The van der Waals surface area contributed by atoms with Gasteiger partial charge >= 0.3 is 0 Å². The number of rotatable bonds is 5. The van der Waals surface area contributed by atoms with Gasteiger partial charge in [-0.05, 0) is 41.8 Å². The van der Waals surface area contributed by atoms with Crippen LogP contribution in [0.15, 0.2) is 48.8 Å². The van der Waals surface area contributed by atoms with Crippen molar-refractivity contribution in [2.24, 2.45) is 0 Å². The van der Waals surface area contributed by atoms with Gasteiger partial charge in [-0.2, -0.15) is 0 Å². The first-order valence-electron chi connectivity index (χ1n) is 6.24. The van der Waals surface area contributed by atoms with Gasteiger partial charge in [-0.15, -0.1) is 0 Å². The lowest BCUT2D eigenvalue weighted by atomic mass is 10.1. The van der Waals surface area contributed by atoms with E-state index in [0.717, 1.165) is 12.0 Å². The van der Waals surface area contributed by atoms with Crippen LogP contribution in [0.1, 0.15) is 11.1 Å². The van der Waals surface area contributed by atoms with E-state index >= 15 is 0 Å². The number of pyridine rings is 1. The highest BCUT2D eigenvalue weighted by Gasteiger charge is 2.02. The SMILES string of the molecule is Nc1ccc(CC(=O)NCCc2ccncc2)cc1. The van der Waals surface area contributed by atoms with E-state index in [2.05, 4.69) is 10.3 Å². The van der Waals surface area contributed by atoms with Crippen LogP contribution in [0.4, 0.5) is 5.69 Å². The summed E-state index contributed by atoms with van der Waals surface area (Å²) in [6.45, 7) is 0.637. The lowest BCUT2D eigenvalue weighted by Gasteiger charge is -2.05. The van der Waals surface area contributed by atoms with E-state index < -0.39 is 0 Å². The summed E-state index contributed by atoms with van der Waals surface area (Å²) in [5.74, 6) is 0.0267. The summed E-state index contributed by atoms with van der Waals surface area (Å²) in [7, 11) is 0. The van der Waals surface area contributed by atoms with Gasteiger partial charge in [0.25, 0.3) is 0 Å². The molecule has 0 saturated heterocycles. The Morgan fingerprint density at radius 2 is 1.74 bits per heavy atom. The topological polar surface area (TPSA) is 68.0 Å². The second-order valence-electron chi connectivity index (χ2n) is 4.37. The highest BCUT2D eigenvalue weighted by molar-refractivity contribution is 5.78. The summed E-state index contributed by atoms with van der Waals surface area (Å²) in [5, 5.41) is 2.90. The monoisotopic (exact) mass is 255 g/mol. The lowest BCUT2D eigenvalue weighted by Crippen LogP contribution is -2.27. The minimum absolute atomic E-state index is 0.0267. The van der Waals surface area contributed by atoms with Gasteiger partial charge in [0.2, 0.25) is 5.91 Å². The van der Waals surface area contributed by atoms with Crippen molar-refractivity contribution in [3.63, 3.8) is 0 Å². The van der Waals surface area contributed by atoms with Crippen LogP contribution in [-0.2, 0) is 17.6 Å². The molecule has 0 aliphatic heterocycles. The molecule has 0 aliphatic rings. The molecule has 1 aromatic carbocycles. The van der Waals surface area contributed by atoms with Gasteiger partial charge in [0.15, 0.2) is 0 Å². The van der Waals surface area contributed by atoms with Crippen molar-refractivity contribution in [1.29, 1.82) is 0 Å². The molecule has 2 aromatic rings. The molecule has 19 heavy (non-hydrogen) atoms. The zero-order chi connectivity index (χ0) is 13.5. The van der Waals surface area contributed by atoms with Crippen LogP contribution in [0, 0.1) is 0 Å². The first-order valence-corrected chi connectivity index (χ1v) is 6.24. The number of nitrogen functional groups attached to an aromatic ring is 1. The van der Waals surface area contributed by atoms with Crippen molar-refractivity contribution in [3.8, 4) is 0 Å². The Hall–Kier alpha value is -2.36. The average molecular weight is 255 g/mol. The Balaban J connectivity index is 1.74. The molecule has 98 valence electrons. The van der Waals surface area contributed by atoms with Crippen LogP contribution in [0.5, 0.6) is 0 Å². The highest BCUT2D eigenvalue weighted by atomic mass is 16.1. The molecule has 0 atom stereocenters. The third-order valence-electron chi connectivity index (χ3n) is 2.83. The lowest BCUT2D eigenvalue weighted by molar-refractivity contribution is -0.120. The number of nitrogens with zero attached hydrogens (tertiary/aromatic N) is 1. The molecule has 1 heterocycles. The van der Waals surface area contributed by atoms with Gasteiger partial charge in [-0.3, -0.25) is 9.78 Å². The molecular weight excluding hydrogens is 238 g/mol. The van der Waals surface area contributed by atoms with E-state index in [1.807, 2.05) is 24.3 Å². The molecule has 2 rings (SSSR count). The number of carbonyl (C=O) groups is 1. The third-order valence-corrected chi connectivity index (χ3v) is 2.83. The van der Waals surface area contributed by atoms with E-state index in [4.69, 9.17) is 5.73 Å². The fourth-order valence-electron chi connectivity index (χ4n) is 1.78. The van der Waals surface area contributed by atoms with Crippen LogP contribution in [-0.4, -0.2) is 17.4 Å². The van der Waals surface area contributed by atoms with Crippen LogP contribution < -0.4 is 11.1 Å². The Bertz CT molecular complexity index is 523. The first kappa shape index (κ1) is 13.1. The maximum atomic E-state index is 11.7. The van der Waals surface area contributed by atoms with Crippen LogP contribution in [0.25, 0.3) is 0 Å². The number of aromatic nitrogens is 1. The fraction of sp³-hybridized carbons (Fsp3) is 0.200. The molecule has 0 fully saturated rings. The van der Waals surface area contributed by atoms with Crippen molar-refractivity contribution >= 4 is 11.6 Å². The van der Waals surface area contributed by atoms with Crippen LogP contribution in [0.2, 0.25) is 0 Å². The number of carbonyl (C=O) groups excluding carboxylic acids is 1. The van der Waals surface area contributed by atoms with Crippen molar-refractivity contribution < 1.29 is 4.79 Å². The largest absolute Gasteiger partial charge is 0.399 e. The second-order valence-corrected chi connectivity index (χ2v) is 4.37. The molecule has 1 aromatic heterocycles. The number of hydrogen-bond donors (Lipinski definition) is 2. The van der Waals surface area contributed by atoms with Gasteiger partial charge in [0, 0.05) is 24.6 Å². The Kier molecular flexibility index (Phi) is 4.50. The van der Waals surface area contributed by atoms with E-state index in [1.54, 1.807) is 24.5 Å². The van der Waals surface area contributed by atoms with Crippen molar-refractivity contribution in [3.05, 3.63) is 59.9 Å². The molecule has 0 radical (unpaired) electrons. The van der Waals surface area contributed by atoms with E-state index in [9.17, 15) is 4.79 Å². The van der Waals surface area contributed by atoms with Gasteiger partial charge < -0.3 is 11.1 Å². The number of hydrogen-bond acceptors (Lipinski definition) is 3. The quantitative estimate of drug-likeness (QED) is 0.797. The maximum Gasteiger partial charge on any atom is 0.224 e. The van der Waals surface area contributed by atoms with Gasteiger partial charge in [0.05, 0.1) is 6.42 Å². The number of nitrogens with two attached hydrogens (primary N) is 1. The normalized spacial score (nSPS) is 10.1. The third kappa shape index (κ3) is 4.43. The molecule has 1 amide bonds. The predicted molar refractivity (Wildman–Crippen MR) is 75.5 cm³/mol. The van der Waals surface area contributed by atoms with Crippen molar-refractivity contribution in [2.45, 2.75) is 12.8 Å². The Labute approximate surface area is 112 Å². The molecule has 4 heteroatoms. The molecule has 0 bridgehead atoms. The van der Waals surface area contributed by atoms with Crippen molar-refractivity contribution in [2.75, 3.05) is 12.3 Å².